The van der Waals surface area contributed by atoms with Crippen LogP contribution in [0.1, 0.15) is 41.6 Å². The molecule has 1 N–H and O–H groups in total. The number of aryl methyl sites for hydroxylation is 1. The maximum atomic E-state index is 12.9. The molecule has 1 aromatic carbocycles. The van der Waals surface area contributed by atoms with Gasteiger partial charge in [0.1, 0.15) is 0 Å². The number of carbonyl (C=O) groups excluding carboxylic acids is 1. The van der Waals surface area contributed by atoms with Crippen LogP contribution < -0.4 is 0 Å². The molecule has 1 fully saturated rings. The number of aromatic nitrogens is 1. The highest BCUT2D eigenvalue weighted by Crippen LogP contribution is 2.24. The number of rotatable bonds is 4. The molecule has 1 aromatic heterocycles. The molecule has 1 amide bonds. The zero-order valence-electron chi connectivity index (χ0n) is 14.1. The zero-order valence-corrected chi connectivity index (χ0v) is 14.1. The van der Waals surface area contributed by atoms with Crippen molar-refractivity contribution in [2.24, 2.45) is 0 Å². The topological polar surface area (TPSA) is 53.4 Å². The van der Waals surface area contributed by atoms with Crippen LogP contribution in [0.25, 0.3) is 11.1 Å². The lowest BCUT2D eigenvalue weighted by Gasteiger charge is -2.35. The van der Waals surface area contributed by atoms with Crippen molar-refractivity contribution in [3.63, 3.8) is 0 Å². The molecule has 1 aliphatic heterocycles. The van der Waals surface area contributed by atoms with Gasteiger partial charge in [0.2, 0.25) is 0 Å². The van der Waals surface area contributed by atoms with Crippen molar-refractivity contribution in [1.82, 2.24) is 9.88 Å². The Hall–Kier alpha value is -2.20. The molecular weight excluding hydrogens is 300 g/mol. The van der Waals surface area contributed by atoms with E-state index in [0.717, 1.165) is 36.9 Å². The lowest BCUT2D eigenvalue weighted by Crippen LogP contribution is -2.44. The molecule has 1 atom stereocenters. The van der Waals surface area contributed by atoms with Gasteiger partial charge in [-0.05, 0) is 44.2 Å². The number of hydrogen-bond donors (Lipinski definition) is 1. The van der Waals surface area contributed by atoms with Gasteiger partial charge in [0, 0.05) is 37.2 Å². The Morgan fingerprint density at radius 2 is 2.12 bits per heavy atom. The third kappa shape index (κ3) is 3.65. The Labute approximate surface area is 143 Å². The number of carbonyl (C=O) groups is 1. The van der Waals surface area contributed by atoms with Crippen molar-refractivity contribution in [2.75, 3.05) is 13.2 Å². The summed E-state index contributed by atoms with van der Waals surface area (Å²) in [5.74, 6) is 0.0233. The summed E-state index contributed by atoms with van der Waals surface area (Å²) >= 11 is 0. The average molecular weight is 324 g/mol. The summed E-state index contributed by atoms with van der Waals surface area (Å²) in [5.41, 5.74) is 3.84. The van der Waals surface area contributed by atoms with Crippen LogP contribution in [0.15, 0.2) is 42.7 Å². The first kappa shape index (κ1) is 16.7. The van der Waals surface area contributed by atoms with Gasteiger partial charge in [0.15, 0.2) is 0 Å². The summed E-state index contributed by atoms with van der Waals surface area (Å²) in [7, 11) is 0. The first-order valence-corrected chi connectivity index (χ1v) is 8.63. The van der Waals surface area contributed by atoms with Gasteiger partial charge in [0.25, 0.3) is 5.91 Å². The second-order valence-electron chi connectivity index (χ2n) is 6.49. The molecule has 3 rings (SSSR count). The predicted octanol–water partition coefficient (Wildman–Crippen LogP) is 3.43. The van der Waals surface area contributed by atoms with Crippen LogP contribution in [0.4, 0.5) is 0 Å². The number of likely N-dealkylation sites (tertiary alicyclic amines) is 1. The Kier molecular flexibility index (Phi) is 5.26. The van der Waals surface area contributed by atoms with E-state index in [2.05, 4.69) is 24.0 Å². The molecule has 24 heavy (non-hydrogen) atoms. The highest BCUT2D eigenvalue weighted by Gasteiger charge is 2.27. The largest absolute Gasteiger partial charge is 0.396 e. The molecule has 0 bridgehead atoms. The van der Waals surface area contributed by atoms with Crippen LogP contribution >= 0.6 is 0 Å². The summed E-state index contributed by atoms with van der Waals surface area (Å²) < 4.78 is 0. The monoisotopic (exact) mass is 324 g/mol. The molecule has 1 saturated heterocycles. The van der Waals surface area contributed by atoms with Gasteiger partial charge in [-0.3, -0.25) is 9.78 Å². The van der Waals surface area contributed by atoms with Gasteiger partial charge < -0.3 is 10.0 Å². The molecule has 0 saturated carbocycles. The van der Waals surface area contributed by atoms with Gasteiger partial charge in [-0.15, -0.1) is 0 Å². The lowest BCUT2D eigenvalue weighted by molar-refractivity contribution is 0.0574. The third-order valence-corrected chi connectivity index (χ3v) is 4.69. The van der Waals surface area contributed by atoms with Crippen molar-refractivity contribution in [1.29, 1.82) is 0 Å². The number of aliphatic hydroxyl groups is 1. The minimum Gasteiger partial charge on any atom is -0.396 e. The molecule has 0 spiro atoms. The van der Waals surface area contributed by atoms with Crippen molar-refractivity contribution >= 4 is 5.91 Å². The smallest absolute Gasteiger partial charge is 0.255 e. The van der Waals surface area contributed by atoms with Crippen molar-refractivity contribution in [3.8, 4) is 11.1 Å². The summed E-state index contributed by atoms with van der Waals surface area (Å²) in [5, 5.41) is 9.26. The van der Waals surface area contributed by atoms with Gasteiger partial charge in [-0.2, -0.15) is 0 Å². The summed E-state index contributed by atoms with van der Waals surface area (Å²) in [6.45, 7) is 2.94. The van der Waals surface area contributed by atoms with Crippen LogP contribution in [-0.4, -0.2) is 40.1 Å². The standard InChI is InChI=1S/C20H24N2O2/c1-15-5-4-6-16(11-15)17-12-18(14-21-13-17)20(24)22-9-3-2-7-19(22)8-10-23/h4-6,11-14,19,23H,2-3,7-10H2,1H3. The number of pyridine rings is 1. The first-order chi connectivity index (χ1) is 11.7. The molecule has 2 aromatic rings. The maximum absolute atomic E-state index is 12.9. The number of hydrogen-bond acceptors (Lipinski definition) is 3. The second kappa shape index (κ2) is 7.58. The van der Waals surface area contributed by atoms with Gasteiger partial charge >= 0.3 is 0 Å². The molecule has 4 heteroatoms. The lowest BCUT2D eigenvalue weighted by atomic mass is 9.98. The third-order valence-electron chi connectivity index (χ3n) is 4.69. The highest BCUT2D eigenvalue weighted by molar-refractivity contribution is 5.95. The fraction of sp³-hybridized carbons (Fsp3) is 0.400. The van der Waals surface area contributed by atoms with Crippen LogP contribution in [0.3, 0.4) is 0 Å². The Bertz CT molecular complexity index is 712. The summed E-state index contributed by atoms with van der Waals surface area (Å²) in [6.07, 6.45) is 7.21. The van der Waals surface area contributed by atoms with Crippen molar-refractivity contribution in [2.45, 2.75) is 38.6 Å². The fourth-order valence-corrected chi connectivity index (χ4v) is 3.42. The van der Waals surface area contributed by atoms with E-state index >= 15 is 0 Å². The van der Waals surface area contributed by atoms with Crippen LogP contribution in [0.5, 0.6) is 0 Å². The van der Waals surface area contributed by atoms with E-state index in [9.17, 15) is 9.90 Å². The Morgan fingerprint density at radius 3 is 2.92 bits per heavy atom. The van der Waals surface area contributed by atoms with E-state index < -0.39 is 0 Å². The van der Waals surface area contributed by atoms with Gasteiger partial charge in [-0.1, -0.05) is 29.8 Å². The molecule has 0 radical (unpaired) electrons. The highest BCUT2D eigenvalue weighted by atomic mass is 16.3. The molecule has 1 unspecified atom stereocenters. The SMILES string of the molecule is Cc1cccc(-c2cncc(C(=O)N3CCCCC3CCO)c2)c1. The minimum absolute atomic E-state index is 0.0233. The van der Waals surface area contributed by atoms with E-state index in [4.69, 9.17) is 0 Å². The molecular formula is C20H24N2O2. The molecule has 126 valence electrons. The summed E-state index contributed by atoms with van der Waals surface area (Å²) in [4.78, 5) is 19.1. The second-order valence-corrected chi connectivity index (χ2v) is 6.49. The van der Waals surface area contributed by atoms with Gasteiger partial charge in [0.05, 0.1) is 5.56 Å². The van der Waals surface area contributed by atoms with Crippen molar-refractivity contribution < 1.29 is 9.90 Å². The van der Waals surface area contributed by atoms with E-state index in [-0.39, 0.29) is 18.6 Å². The number of benzene rings is 1. The number of nitrogens with zero attached hydrogens (tertiary/aromatic N) is 2. The Balaban J connectivity index is 1.86. The Morgan fingerprint density at radius 1 is 1.25 bits per heavy atom. The molecule has 0 aliphatic carbocycles. The molecule has 1 aliphatic rings. The van der Waals surface area contributed by atoms with E-state index in [1.807, 2.05) is 23.1 Å². The van der Waals surface area contributed by atoms with E-state index in [0.29, 0.717) is 12.0 Å². The fourth-order valence-electron chi connectivity index (χ4n) is 3.42. The zero-order chi connectivity index (χ0) is 16.9. The predicted molar refractivity (Wildman–Crippen MR) is 94.8 cm³/mol. The van der Waals surface area contributed by atoms with Crippen LogP contribution in [0.2, 0.25) is 0 Å². The number of piperidine rings is 1. The number of amides is 1. The molecule has 4 nitrogen and oxygen atoms in total. The average Bonchev–Trinajstić information content (AvgIpc) is 2.62. The van der Waals surface area contributed by atoms with Gasteiger partial charge in [-0.25, -0.2) is 0 Å². The molecule has 2 heterocycles. The quantitative estimate of drug-likeness (QED) is 0.937. The van der Waals surface area contributed by atoms with E-state index in [1.165, 1.54) is 5.56 Å². The maximum Gasteiger partial charge on any atom is 0.255 e. The van der Waals surface area contributed by atoms with Crippen LogP contribution in [0, 0.1) is 6.92 Å². The van der Waals surface area contributed by atoms with E-state index in [1.54, 1.807) is 12.4 Å². The normalized spacial score (nSPS) is 17.8. The van der Waals surface area contributed by atoms with Crippen LogP contribution in [-0.2, 0) is 0 Å². The number of aliphatic hydroxyl groups excluding tert-OH is 1. The van der Waals surface area contributed by atoms with Crippen molar-refractivity contribution in [3.05, 3.63) is 53.9 Å². The first-order valence-electron chi connectivity index (χ1n) is 8.63. The minimum atomic E-state index is 0.0233. The summed E-state index contributed by atoms with van der Waals surface area (Å²) in [6, 6.07) is 10.3.